The maximum atomic E-state index is 14.6. The van der Waals surface area contributed by atoms with Crippen LogP contribution in [-0.4, -0.2) is 106 Å². The number of anilines is 1. The molecular weight excluding hydrogens is 748 g/mol. The number of esters is 1. The number of methoxy groups -OCH3 is 1. The summed E-state index contributed by atoms with van der Waals surface area (Å²) in [6.07, 6.45) is 4.99. The Bertz CT molecular complexity index is 2230. The van der Waals surface area contributed by atoms with Gasteiger partial charge in [-0.1, -0.05) is 45.9 Å². The minimum Gasteiger partial charge on any atom is -0.507 e. The van der Waals surface area contributed by atoms with Crippen molar-refractivity contribution in [2.45, 2.75) is 104 Å². The number of carbonyl (C=O) groups excluding carboxylic acids is 3. The van der Waals surface area contributed by atoms with Gasteiger partial charge in [0.1, 0.15) is 28.6 Å². The number of rotatable bonds is 2. The van der Waals surface area contributed by atoms with E-state index in [-0.39, 0.29) is 55.4 Å². The number of carbonyl (C=O) groups is 3. The first kappa shape index (κ1) is 42.8. The number of likely N-dealkylation sites (tertiary alicyclic amines) is 1. The number of hydrogen-bond acceptors (Lipinski definition) is 14. The van der Waals surface area contributed by atoms with E-state index in [0.29, 0.717) is 25.9 Å². The standard InChI is InChI=1S/C43H56N4O11/c1-20-12-11-13-21(2)41(54)44-33-32-31(45-43(46-32)15-17-47(9)18-16-43)28-29(37(33)52)36(51)25(6)39-30(28)40(53)42(8,58-39)56-19-14-27(55-10)22(3)38(57-26(7)48)24(5)35(50)23(4)34(20)49/h11-14,19-20,22-24,27,34-35,38,49-52H,15-18H2,1-10H3,(H,44,54)/b12-11+,19-14-,21-13-. The predicted octanol–water partition coefficient (Wildman–Crippen LogP) is 3.72. The summed E-state index contributed by atoms with van der Waals surface area (Å²) in [6.45, 7) is 14.2. The molecule has 4 aliphatic rings. The lowest BCUT2D eigenvalue weighted by Gasteiger charge is -2.38. The minimum atomic E-state index is -1.95. The number of fused-ring (bicyclic) bond motifs is 1. The molecule has 15 nitrogen and oxygen atoms in total. The first-order valence-corrected chi connectivity index (χ1v) is 19.8. The van der Waals surface area contributed by atoms with E-state index >= 15 is 0 Å². The third kappa shape index (κ3) is 7.49. The van der Waals surface area contributed by atoms with E-state index in [1.807, 2.05) is 7.05 Å². The van der Waals surface area contributed by atoms with Crippen LogP contribution in [0.15, 0.2) is 46.1 Å². The molecule has 15 heteroatoms. The molecular formula is C43H56N4O11. The Morgan fingerprint density at radius 2 is 1.60 bits per heavy atom. The lowest BCUT2D eigenvalue weighted by atomic mass is 9.78. The predicted molar refractivity (Wildman–Crippen MR) is 214 cm³/mol. The van der Waals surface area contributed by atoms with Gasteiger partial charge in [-0.05, 0) is 27.0 Å². The number of hydrogen-bond donors (Lipinski definition) is 5. The molecule has 0 aromatic heterocycles. The van der Waals surface area contributed by atoms with Crippen molar-refractivity contribution in [1.29, 1.82) is 0 Å². The Hall–Kier alpha value is -4.83. The molecule has 1 fully saturated rings. The Kier molecular flexibility index (Phi) is 11.9. The van der Waals surface area contributed by atoms with Crippen molar-refractivity contribution in [3.63, 3.8) is 0 Å². The van der Waals surface area contributed by atoms with E-state index in [4.69, 9.17) is 28.9 Å². The molecule has 0 aliphatic carbocycles. The highest BCUT2D eigenvalue weighted by atomic mass is 16.7. The number of phenolic OH excluding ortho intramolecular Hbond substituents is 2. The zero-order valence-electron chi connectivity index (χ0n) is 34.8. The summed E-state index contributed by atoms with van der Waals surface area (Å²) in [5.41, 5.74) is -0.573. The largest absolute Gasteiger partial charge is 0.507 e. The van der Waals surface area contributed by atoms with Crippen LogP contribution in [0.5, 0.6) is 17.2 Å². The van der Waals surface area contributed by atoms with Gasteiger partial charge in [-0.15, -0.1) is 0 Å². The number of nitrogens with one attached hydrogen (secondary N) is 1. The van der Waals surface area contributed by atoms with Gasteiger partial charge < -0.3 is 49.6 Å². The van der Waals surface area contributed by atoms with Crippen LogP contribution in [-0.2, 0) is 23.8 Å². The Morgan fingerprint density at radius 1 is 0.948 bits per heavy atom. The van der Waals surface area contributed by atoms with Crippen molar-refractivity contribution < 1.29 is 53.8 Å². The van der Waals surface area contributed by atoms with Crippen LogP contribution in [0, 0.1) is 30.6 Å². The molecule has 9 unspecified atom stereocenters. The molecule has 4 bridgehead atoms. The summed E-state index contributed by atoms with van der Waals surface area (Å²) in [4.78, 5) is 53.1. The molecule has 1 amide bonds. The molecule has 2 aromatic carbocycles. The molecule has 5 N–H and O–H groups in total. The second kappa shape index (κ2) is 16.1. The van der Waals surface area contributed by atoms with Gasteiger partial charge in [0, 0.05) is 87.1 Å². The first-order chi connectivity index (χ1) is 27.3. The molecule has 314 valence electrons. The molecule has 4 aliphatic heterocycles. The van der Waals surface area contributed by atoms with Crippen LogP contribution in [0.3, 0.4) is 0 Å². The van der Waals surface area contributed by atoms with Crippen molar-refractivity contribution in [2.75, 3.05) is 32.6 Å². The number of Topliss-reactive ketones (excluding diaryl/α,β-unsaturated/α-hetero) is 1. The Morgan fingerprint density at radius 3 is 2.24 bits per heavy atom. The molecule has 1 spiro atoms. The summed E-state index contributed by atoms with van der Waals surface area (Å²) >= 11 is 0. The molecule has 9 atom stereocenters. The maximum Gasteiger partial charge on any atom is 0.312 e. The Labute approximate surface area is 337 Å². The molecule has 6 rings (SSSR count). The lowest BCUT2D eigenvalue weighted by Crippen LogP contribution is -2.46. The van der Waals surface area contributed by atoms with E-state index in [9.17, 15) is 34.8 Å². The van der Waals surface area contributed by atoms with Crippen molar-refractivity contribution in [3.8, 4) is 17.2 Å². The maximum absolute atomic E-state index is 14.6. The monoisotopic (exact) mass is 804 g/mol. The van der Waals surface area contributed by atoms with Gasteiger partial charge in [-0.2, -0.15) is 0 Å². The first-order valence-electron chi connectivity index (χ1n) is 19.8. The average Bonchev–Trinajstić information content (AvgIpc) is 3.69. The van der Waals surface area contributed by atoms with E-state index in [2.05, 4.69) is 10.2 Å². The van der Waals surface area contributed by atoms with Gasteiger partial charge in [-0.3, -0.25) is 24.4 Å². The van der Waals surface area contributed by atoms with Gasteiger partial charge in [0.15, 0.2) is 11.4 Å². The van der Waals surface area contributed by atoms with Crippen molar-refractivity contribution in [1.82, 2.24) is 4.90 Å². The number of benzene rings is 2. The summed E-state index contributed by atoms with van der Waals surface area (Å²) in [5, 5.41) is 49.9. The molecule has 4 heterocycles. The fourth-order valence-electron chi connectivity index (χ4n) is 8.57. The van der Waals surface area contributed by atoms with E-state index in [1.54, 1.807) is 65.8 Å². The lowest BCUT2D eigenvalue weighted by molar-refractivity contribution is -0.160. The fraction of sp³-hybridized carbons (Fsp3) is 0.558. The van der Waals surface area contributed by atoms with Crippen molar-refractivity contribution >= 4 is 34.1 Å². The Balaban J connectivity index is 1.55. The molecule has 58 heavy (non-hydrogen) atoms. The summed E-state index contributed by atoms with van der Waals surface area (Å²) < 4.78 is 23.9. The van der Waals surface area contributed by atoms with Crippen molar-refractivity contribution in [2.24, 2.45) is 33.7 Å². The van der Waals surface area contributed by atoms with Gasteiger partial charge in [0.2, 0.25) is 0 Å². The van der Waals surface area contributed by atoms with Gasteiger partial charge in [0.25, 0.3) is 11.7 Å². The summed E-state index contributed by atoms with van der Waals surface area (Å²) in [7, 11) is 3.46. The third-order valence-electron chi connectivity index (χ3n) is 12.4. The molecule has 0 radical (unpaired) electrons. The normalized spacial score (nSPS) is 33.6. The van der Waals surface area contributed by atoms with Crippen LogP contribution in [0.4, 0.5) is 5.69 Å². The van der Waals surface area contributed by atoms with E-state index in [1.165, 1.54) is 27.2 Å². The third-order valence-corrected chi connectivity index (χ3v) is 12.4. The zero-order chi connectivity index (χ0) is 42.6. The molecule has 0 saturated carbocycles. The van der Waals surface area contributed by atoms with Crippen molar-refractivity contribution in [3.05, 3.63) is 58.0 Å². The highest BCUT2D eigenvalue weighted by molar-refractivity contribution is 6.19. The fourth-order valence-corrected chi connectivity index (χ4v) is 8.57. The highest BCUT2D eigenvalue weighted by Gasteiger charge is 2.50. The number of amides is 1. The second-order valence-electron chi connectivity index (χ2n) is 16.6. The quantitative estimate of drug-likeness (QED) is 0.218. The number of aromatic hydroxyl groups is 2. The van der Waals surface area contributed by atoms with Crippen LogP contribution < -0.4 is 20.8 Å². The number of allylic oxidation sites excluding steroid dienone is 2. The minimum absolute atomic E-state index is 0.0324. The average molecular weight is 805 g/mol. The summed E-state index contributed by atoms with van der Waals surface area (Å²) in [5.74, 6) is -6.90. The topological polar surface area (TPSA) is 209 Å². The number of nitrogens with zero attached hydrogens (tertiary/aromatic N) is 3. The van der Waals surface area contributed by atoms with Gasteiger partial charge in [0.05, 0.1) is 40.9 Å². The number of aliphatic hydroxyl groups excluding tert-OH is 2. The number of ether oxygens (including phenoxy) is 4. The van der Waals surface area contributed by atoms with Gasteiger partial charge >= 0.3 is 11.8 Å². The second-order valence-corrected chi connectivity index (χ2v) is 16.6. The van der Waals surface area contributed by atoms with Crippen LogP contribution in [0.1, 0.15) is 77.2 Å². The smallest absolute Gasteiger partial charge is 0.312 e. The number of ketones is 1. The van der Waals surface area contributed by atoms with E-state index in [0.717, 1.165) is 0 Å². The highest BCUT2D eigenvalue weighted by Crippen LogP contribution is 2.50. The van der Waals surface area contributed by atoms with Crippen LogP contribution in [0.25, 0.3) is 10.8 Å². The van der Waals surface area contributed by atoms with Gasteiger partial charge in [-0.25, -0.2) is 0 Å². The molecule has 1 saturated heterocycles. The number of phenols is 2. The summed E-state index contributed by atoms with van der Waals surface area (Å²) in [6, 6.07) is 0. The number of piperidine rings is 1. The molecule has 2 aromatic rings. The van der Waals surface area contributed by atoms with Crippen LogP contribution in [0.2, 0.25) is 0 Å². The zero-order valence-corrected chi connectivity index (χ0v) is 34.8. The van der Waals surface area contributed by atoms with E-state index < -0.39 is 82.9 Å². The van der Waals surface area contributed by atoms with Crippen LogP contribution >= 0.6 is 0 Å². The SMILES string of the molecule is COC1/C=C\OC2(C)Oc3c(C)c(O)c4c(O)c(c5c(c4c3C2=O)=NC2(CCN(C)CC2)N=5)NC(=O)/C(C)=C\C=C\C(C)C(O)C(C)C(O)C(C)C(OC(C)=O)C1C. The number of aliphatic hydroxyl groups is 2.